The number of Topliss-reactive ketones (excluding diaryl/α,β-unsaturated/α-hetero) is 2. The van der Waals surface area contributed by atoms with Crippen LogP contribution >= 0.6 is 0 Å². The molecule has 3 aliphatic rings. The molecule has 0 radical (unpaired) electrons. The molecule has 176 valence electrons. The highest BCUT2D eigenvalue weighted by Gasteiger charge is 2.42. The smallest absolute Gasteiger partial charge is 0.147 e. The Bertz CT molecular complexity index is 1040. The van der Waals surface area contributed by atoms with Crippen molar-refractivity contribution in [3.05, 3.63) is 64.2 Å². The van der Waals surface area contributed by atoms with Crippen LogP contribution in [0.3, 0.4) is 0 Å². The molecule has 1 unspecified atom stereocenters. The SMILES string of the molecule is CC[C@@H]1CCC([C@H]2Cc3c(C)cc(C)cc3[C@@H]2Oc2ccc(C3C(=O)CCCC3=O)cc2)C1.[HH]. The Labute approximate surface area is 199 Å². The van der Waals surface area contributed by atoms with Gasteiger partial charge in [0.05, 0.1) is 0 Å². The van der Waals surface area contributed by atoms with E-state index in [9.17, 15) is 9.59 Å². The van der Waals surface area contributed by atoms with Gasteiger partial charge < -0.3 is 4.74 Å². The summed E-state index contributed by atoms with van der Waals surface area (Å²) in [5, 5.41) is 0. The van der Waals surface area contributed by atoms with Crippen LogP contribution < -0.4 is 4.74 Å². The summed E-state index contributed by atoms with van der Waals surface area (Å²) >= 11 is 0. The highest BCUT2D eigenvalue weighted by Crippen LogP contribution is 2.50. The molecule has 0 bridgehead atoms. The first-order valence-electron chi connectivity index (χ1n) is 12.9. The molecule has 3 aliphatic carbocycles. The highest BCUT2D eigenvalue weighted by atomic mass is 16.5. The van der Waals surface area contributed by atoms with Gasteiger partial charge in [-0.2, -0.15) is 0 Å². The van der Waals surface area contributed by atoms with Crippen molar-refractivity contribution in [1.29, 1.82) is 0 Å². The average molecular weight is 447 g/mol. The summed E-state index contributed by atoms with van der Waals surface area (Å²) < 4.78 is 6.73. The number of ether oxygens (including phenoxy) is 1. The topological polar surface area (TPSA) is 43.4 Å². The van der Waals surface area contributed by atoms with Gasteiger partial charge in [0.15, 0.2) is 0 Å². The van der Waals surface area contributed by atoms with E-state index in [4.69, 9.17) is 4.74 Å². The van der Waals surface area contributed by atoms with Crippen LogP contribution in [0, 0.1) is 31.6 Å². The van der Waals surface area contributed by atoms with Crippen LogP contribution in [-0.4, -0.2) is 11.6 Å². The molecule has 0 N–H and O–H groups in total. The minimum absolute atomic E-state index is 0. The Hall–Kier alpha value is -2.42. The van der Waals surface area contributed by atoms with E-state index in [-0.39, 0.29) is 19.1 Å². The number of aryl methyl sites for hydroxylation is 2. The van der Waals surface area contributed by atoms with E-state index in [0.29, 0.717) is 31.1 Å². The third-order valence-corrected chi connectivity index (χ3v) is 8.52. The largest absolute Gasteiger partial charge is 0.485 e. The van der Waals surface area contributed by atoms with E-state index < -0.39 is 5.92 Å². The number of carbonyl (C=O) groups excluding carboxylic acids is 2. The Kier molecular flexibility index (Phi) is 6.16. The predicted octanol–water partition coefficient (Wildman–Crippen LogP) is 7.07. The molecule has 5 rings (SSSR count). The van der Waals surface area contributed by atoms with Crippen molar-refractivity contribution < 1.29 is 15.8 Å². The first-order chi connectivity index (χ1) is 15.9. The van der Waals surface area contributed by atoms with Crippen LogP contribution in [0.5, 0.6) is 5.75 Å². The minimum atomic E-state index is -0.581. The van der Waals surface area contributed by atoms with E-state index in [1.165, 1.54) is 47.9 Å². The van der Waals surface area contributed by atoms with Crippen molar-refractivity contribution in [2.75, 3.05) is 0 Å². The van der Waals surface area contributed by atoms with Gasteiger partial charge in [-0.25, -0.2) is 0 Å². The van der Waals surface area contributed by atoms with Gasteiger partial charge in [0.25, 0.3) is 0 Å². The van der Waals surface area contributed by atoms with Gasteiger partial charge in [-0.1, -0.05) is 49.6 Å². The lowest BCUT2D eigenvalue weighted by Crippen LogP contribution is -2.26. The van der Waals surface area contributed by atoms with Gasteiger partial charge in [0, 0.05) is 20.2 Å². The molecule has 0 aliphatic heterocycles. The normalized spacial score (nSPS) is 27.7. The monoisotopic (exact) mass is 446 g/mol. The second-order valence-electron chi connectivity index (χ2n) is 10.7. The number of hydrogen-bond donors (Lipinski definition) is 0. The summed E-state index contributed by atoms with van der Waals surface area (Å²) in [6.45, 7) is 6.73. The van der Waals surface area contributed by atoms with E-state index in [1.54, 1.807) is 0 Å². The molecule has 0 spiro atoms. The second-order valence-corrected chi connectivity index (χ2v) is 10.7. The molecule has 2 fully saturated rings. The first-order valence-corrected chi connectivity index (χ1v) is 12.9. The Morgan fingerprint density at radius 1 is 1.00 bits per heavy atom. The van der Waals surface area contributed by atoms with Crippen molar-refractivity contribution in [3.63, 3.8) is 0 Å². The van der Waals surface area contributed by atoms with Crippen LogP contribution in [0.4, 0.5) is 0 Å². The molecular formula is C30H38O3. The van der Waals surface area contributed by atoms with Crippen LogP contribution in [0.15, 0.2) is 36.4 Å². The van der Waals surface area contributed by atoms with E-state index >= 15 is 0 Å². The Morgan fingerprint density at radius 2 is 1.73 bits per heavy atom. The summed E-state index contributed by atoms with van der Waals surface area (Å²) in [4.78, 5) is 24.7. The minimum Gasteiger partial charge on any atom is -0.485 e. The average Bonchev–Trinajstić information content (AvgIpc) is 3.40. The molecule has 4 atom stereocenters. The van der Waals surface area contributed by atoms with Crippen molar-refractivity contribution in [3.8, 4) is 5.75 Å². The molecule has 2 aromatic rings. The fourth-order valence-corrected chi connectivity index (χ4v) is 6.74. The zero-order valence-corrected chi connectivity index (χ0v) is 20.2. The lowest BCUT2D eigenvalue weighted by atomic mass is 9.82. The lowest BCUT2D eigenvalue weighted by molar-refractivity contribution is -0.131. The summed E-state index contributed by atoms with van der Waals surface area (Å²) in [5.74, 6) is 2.45. The van der Waals surface area contributed by atoms with Gasteiger partial charge in [-0.15, -0.1) is 0 Å². The van der Waals surface area contributed by atoms with E-state index in [1.807, 2.05) is 24.3 Å². The molecule has 0 aromatic heterocycles. The van der Waals surface area contributed by atoms with Crippen molar-refractivity contribution >= 4 is 11.6 Å². The number of carbonyl (C=O) groups is 2. The Balaban J connectivity index is 0.00000274. The molecule has 0 amide bonds. The van der Waals surface area contributed by atoms with Gasteiger partial charge >= 0.3 is 0 Å². The van der Waals surface area contributed by atoms with Crippen molar-refractivity contribution in [1.82, 2.24) is 0 Å². The number of hydrogen-bond acceptors (Lipinski definition) is 3. The molecule has 33 heavy (non-hydrogen) atoms. The van der Waals surface area contributed by atoms with Gasteiger partial charge in [0.1, 0.15) is 29.3 Å². The molecular weight excluding hydrogens is 408 g/mol. The molecule has 2 saturated carbocycles. The Morgan fingerprint density at radius 3 is 2.39 bits per heavy atom. The van der Waals surface area contributed by atoms with E-state index in [2.05, 4.69) is 32.9 Å². The maximum atomic E-state index is 12.4. The molecule has 0 heterocycles. The quantitative estimate of drug-likeness (QED) is 0.461. The zero-order valence-electron chi connectivity index (χ0n) is 20.2. The van der Waals surface area contributed by atoms with Crippen LogP contribution in [0.2, 0.25) is 0 Å². The number of fused-ring (bicyclic) bond motifs is 1. The van der Waals surface area contributed by atoms with Crippen molar-refractivity contribution in [2.24, 2.45) is 17.8 Å². The first kappa shape index (κ1) is 22.4. The van der Waals surface area contributed by atoms with Crippen LogP contribution in [-0.2, 0) is 16.0 Å². The van der Waals surface area contributed by atoms with Crippen LogP contribution in [0.25, 0.3) is 0 Å². The summed E-state index contributed by atoms with van der Waals surface area (Å²) in [6.07, 6.45) is 8.13. The fraction of sp³-hybridized carbons (Fsp3) is 0.533. The molecule has 0 saturated heterocycles. The molecule has 3 heteroatoms. The lowest BCUT2D eigenvalue weighted by Gasteiger charge is -2.27. The number of ketones is 2. The maximum Gasteiger partial charge on any atom is 0.147 e. The number of rotatable bonds is 5. The summed E-state index contributed by atoms with van der Waals surface area (Å²) in [6, 6.07) is 12.4. The second kappa shape index (κ2) is 9.08. The summed E-state index contributed by atoms with van der Waals surface area (Å²) in [7, 11) is 0. The maximum absolute atomic E-state index is 12.4. The summed E-state index contributed by atoms with van der Waals surface area (Å²) in [5.41, 5.74) is 6.33. The fourth-order valence-electron chi connectivity index (χ4n) is 6.74. The van der Waals surface area contributed by atoms with Crippen molar-refractivity contribution in [2.45, 2.75) is 84.2 Å². The standard InChI is InChI=1S/C30H36O3.H2/c1-4-20-8-9-22(16-20)25-17-24-19(3)14-18(2)15-26(24)30(25)33-23-12-10-21(11-13-23)29-27(31)6-5-7-28(29)32;/h10-15,20,22,25,29-30H,4-9,16-17H2,1-3H3;1H/t20-,22?,25-,30-;/m1./s1. The van der Waals surface area contributed by atoms with E-state index in [0.717, 1.165) is 23.7 Å². The number of benzene rings is 2. The molecule has 2 aromatic carbocycles. The zero-order chi connectivity index (χ0) is 23.1. The third kappa shape index (κ3) is 4.27. The highest BCUT2D eigenvalue weighted by molar-refractivity contribution is 6.09. The van der Waals surface area contributed by atoms with Gasteiger partial charge in [-0.05, 0) is 85.8 Å². The molecule has 3 nitrogen and oxygen atoms in total. The predicted molar refractivity (Wildman–Crippen MR) is 133 cm³/mol. The van der Waals surface area contributed by atoms with Gasteiger partial charge in [0.2, 0.25) is 0 Å². The van der Waals surface area contributed by atoms with Gasteiger partial charge in [-0.3, -0.25) is 9.59 Å². The van der Waals surface area contributed by atoms with Crippen LogP contribution in [0.1, 0.15) is 93.1 Å². The third-order valence-electron chi connectivity index (χ3n) is 8.52.